The number of aromatic nitrogens is 1. The van der Waals surface area contributed by atoms with Crippen LogP contribution in [0, 0.1) is 0 Å². The van der Waals surface area contributed by atoms with Crippen molar-refractivity contribution >= 4 is 17.2 Å². The summed E-state index contributed by atoms with van der Waals surface area (Å²) in [4.78, 5) is 16.4. The van der Waals surface area contributed by atoms with Gasteiger partial charge in [-0.2, -0.15) is 0 Å². The van der Waals surface area contributed by atoms with Gasteiger partial charge < -0.3 is 10.1 Å². The van der Waals surface area contributed by atoms with Crippen molar-refractivity contribution in [2.75, 3.05) is 6.61 Å². The van der Waals surface area contributed by atoms with Gasteiger partial charge in [-0.15, -0.1) is 11.3 Å². The topological polar surface area (TPSA) is 51.2 Å². The lowest BCUT2D eigenvalue weighted by Crippen LogP contribution is -2.33. The Bertz CT molecular complexity index is 577. The first-order chi connectivity index (χ1) is 9.83. The molecule has 0 radical (unpaired) electrons. The van der Waals surface area contributed by atoms with Crippen molar-refractivity contribution in [1.29, 1.82) is 0 Å². The van der Waals surface area contributed by atoms with Gasteiger partial charge in [-0.1, -0.05) is 30.3 Å². The molecule has 0 aliphatic carbocycles. The second-order valence-corrected chi connectivity index (χ2v) is 5.59. The SMILES string of the molecule is O=C(NCc1csc(-c2ccccc2)n1)C1CCCO1. The third kappa shape index (κ3) is 3.05. The van der Waals surface area contributed by atoms with Crippen molar-refractivity contribution in [2.24, 2.45) is 0 Å². The smallest absolute Gasteiger partial charge is 0.249 e. The Balaban J connectivity index is 1.59. The van der Waals surface area contributed by atoms with Crippen LogP contribution in [-0.4, -0.2) is 23.6 Å². The Kier molecular flexibility index (Phi) is 4.08. The van der Waals surface area contributed by atoms with Crippen molar-refractivity contribution in [3.8, 4) is 10.6 Å². The summed E-state index contributed by atoms with van der Waals surface area (Å²) in [5, 5.41) is 5.85. The number of carbonyl (C=O) groups excluding carboxylic acids is 1. The highest BCUT2D eigenvalue weighted by Crippen LogP contribution is 2.23. The summed E-state index contributed by atoms with van der Waals surface area (Å²) < 4.78 is 5.35. The van der Waals surface area contributed by atoms with Gasteiger partial charge in [0.05, 0.1) is 12.2 Å². The first-order valence-corrected chi connectivity index (χ1v) is 7.60. The molecule has 5 heteroatoms. The zero-order chi connectivity index (χ0) is 13.8. The fourth-order valence-electron chi connectivity index (χ4n) is 2.18. The molecule has 1 saturated heterocycles. The molecule has 2 heterocycles. The number of nitrogens with one attached hydrogen (secondary N) is 1. The standard InChI is InChI=1S/C15H16N2O2S/c18-14(13-7-4-8-19-13)16-9-12-10-20-15(17-12)11-5-2-1-3-6-11/h1-3,5-6,10,13H,4,7-9H2,(H,16,18). The summed E-state index contributed by atoms with van der Waals surface area (Å²) in [5.74, 6) is -0.0308. The summed E-state index contributed by atoms with van der Waals surface area (Å²) in [6.07, 6.45) is 1.51. The fraction of sp³-hybridized carbons (Fsp3) is 0.333. The van der Waals surface area contributed by atoms with E-state index in [9.17, 15) is 4.79 Å². The van der Waals surface area contributed by atoms with E-state index in [2.05, 4.69) is 10.3 Å². The molecule has 4 nitrogen and oxygen atoms in total. The number of hydrogen-bond acceptors (Lipinski definition) is 4. The molecule has 1 aliphatic heterocycles. The van der Waals surface area contributed by atoms with E-state index in [-0.39, 0.29) is 12.0 Å². The zero-order valence-electron chi connectivity index (χ0n) is 11.0. The molecule has 1 unspecified atom stereocenters. The number of benzene rings is 1. The van der Waals surface area contributed by atoms with E-state index in [1.807, 2.05) is 35.7 Å². The highest BCUT2D eigenvalue weighted by molar-refractivity contribution is 7.13. The highest BCUT2D eigenvalue weighted by Gasteiger charge is 2.23. The molecule has 1 fully saturated rings. The number of amides is 1. The molecular formula is C15H16N2O2S. The van der Waals surface area contributed by atoms with Crippen LogP contribution in [0.1, 0.15) is 18.5 Å². The Labute approximate surface area is 121 Å². The Morgan fingerprint density at radius 3 is 3.00 bits per heavy atom. The fourth-order valence-corrected chi connectivity index (χ4v) is 3.00. The molecule has 1 aromatic carbocycles. The maximum absolute atomic E-state index is 11.8. The van der Waals surface area contributed by atoms with Crippen LogP contribution in [0.15, 0.2) is 35.7 Å². The summed E-state index contributed by atoms with van der Waals surface area (Å²) in [7, 11) is 0. The van der Waals surface area contributed by atoms with E-state index < -0.39 is 0 Å². The van der Waals surface area contributed by atoms with Crippen molar-refractivity contribution < 1.29 is 9.53 Å². The number of rotatable bonds is 4. The predicted molar refractivity (Wildman–Crippen MR) is 78.4 cm³/mol. The number of thiazole rings is 1. The number of nitrogens with zero attached hydrogens (tertiary/aromatic N) is 1. The van der Waals surface area contributed by atoms with Gasteiger partial charge in [0.15, 0.2) is 0 Å². The van der Waals surface area contributed by atoms with Crippen molar-refractivity contribution in [3.63, 3.8) is 0 Å². The normalized spacial score (nSPS) is 18.1. The first kappa shape index (κ1) is 13.3. The van der Waals surface area contributed by atoms with Crippen LogP contribution in [0.3, 0.4) is 0 Å². The molecule has 1 N–H and O–H groups in total. The molecular weight excluding hydrogens is 272 g/mol. The largest absolute Gasteiger partial charge is 0.368 e. The van der Waals surface area contributed by atoms with Crippen molar-refractivity contribution in [2.45, 2.75) is 25.5 Å². The minimum Gasteiger partial charge on any atom is -0.368 e. The summed E-state index contributed by atoms with van der Waals surface area (Å²) >= 11 is 1.59. The zero-order valence-corrected chi connectivity index (χ0v) is 11.9. The molecule has 1 amide bonds. The van der Waals surface area contributed by atoms with Crippen LogP contribution >= 0.6 is 11.3 Å². The molecule has 3 rings (SSSR count). The summed E-state index contributed by atoms with van der Waals surface area (Å²) in [6, 6.07) is 10.0. The van der Waals surface area contributed by atoms with E-state index in [1.165, 1.54) is 0 Å². The molecule has 0 bridgehead atoms. The maximum atomic E-state index is 11.8. The number of ether oxygens (including phenoxy) is 1. The Morgan fingerprint density at radius 2 is 2.25 bits per heavy atom. The van der Waals surface area contributed by atoms with Gasteiger partial charge in [-0.25, -0.2) is 4.98 Å². The van der Waals surface area contributed by atoms with Gasteiger partial charge in [-0.05, 0) is 12.8 Å². The van der Waals surface area contributed by atoms with E-state index in [0.717, 1.165) is 29.1 Å². The van der Waals surface area contributed by atoms with E-state index in [4.69, 9.17) is 4.74 Å². The van der Waals surface area contributed by atoms with Crippen LogP contribution in [0.4, 0.5) is 0 Å². The number of carbonyl (C=O) groups is 1. The molecule has 0 spiro atoms. The quantitative estimate of drug-likeness (QED) is 0.941. The minimum atomic E-state index is -0.276. The molecule has 20 heavy (non-hydrogen) atoms. The van der Waals surface area contributed by atoms with E-state index in [0.29, 0.717) is 13.2 Å². The second-order valence-electron chi connectivity index (χ2n) is 4.73. The van der Waals surface area contributed by atoms with Gasteiger partial charge in [0, 0.05) is 17.6 Å². The molecule has 104 valence electrons. The van der Waals surface area contributed by atoms with Crippen LogP contribution in [0.25, 0.3) is 10.6 Å². The third-order valence-corrected chi connectivity index (χ3v) is 4.18. The van der Waals surface area contributed by atoms with Crippen LogP contribution in [0.5, 0.6) is 0 Å². The third-order valence-electron chi connectivity index (χ3n) is 3.24. The molecule has 0 saturated carbocycles. The molecule has 2 aromatic rings. The lowest BCUT2D eigenvalue weighted by molar-refractivity contribution is -0.130. The monoisotopic (exact) mass is 288 g/mol. The van der Waals surface area contributed by atoms with Crippen LogP contribution < -0.4 is 5.32 Å². The predicted octanol–water partition coefficient (Wildman–Crippen LogP) is 2.61. The van der Waals surface area contributed by atoms with Gasteiger partial charge in [-0.3, -0.25) is 4.79 Å². The van der Waals surface area contributed by atoms with Crippen LogP contribution in [0.2, 0.25) is 0 Å². The minimum absolute atomic E-state index is 0.0308. The van der Waals surface area contributed by atoms with E-state index >= 15 is 0 Å². The van der Waals surface area contributed by atoms with E-state index in [1.54, 1.807) is 11.3 Å². The Morgan fingerprint density at radius 1 is 1.40 bits per heavy atom. The first-order valence-electron chi connectivity index (χ1n) is 6.72. The Hall–Kier alpha value is -1.72. The highest BCUT2D eigenvalue weighted by atomic mass is 32.1. The van der Waals surface area contributed by atoms with Gasteiger partial charge in [0.2, 0.25) is 5.91 Å². The lowest BCUT2D eigenvalue weighted by atomic mass is 10.2. The second kappa shape index (κ2) is 6.15. The average Bonchev–Trinajstić information content (AvgIpc) is 3.17. The maximum Gasteiger partial charge on any atom is 0.249 e. The van der Waals surface area contributed by atoms with Gasteiger partial charge in [0.25, 0.3) is 0 Å². The summed E-state index contributed by atoms with van der Waals surface area (Å²) in [6.45, 7) is 1.15. The molecule has 1 aromatic heterocycles. The number of hydrogen-bond donors (Lipinski definition) is 1. The molecule has 1 aliphatic rings. The molecule has 1 atom stereocenters. The lowest BCUT2D eigenvalue weighted by Gasteiger charge is -2.08. The van der Waals surface area contributed by atoms with Crippen LogP contribution in [-0.2, 0) is 16.1 Å². The van der Waals surface area contributed by atoms with Crippen molar-refractivity contribution in [3.05, 3.63) is 41.4 Å². The average molecular weight is 288 g/mol. The van der Waals surface area contributed by atoms with Crippen molar-refractivity contribution in [1.82, 2.24) is 10.3 Å². The van der Waals surface area contributed by atoms with Gasteiger partial charge >= 0.3 is 0 Å². The van der Waals surface area contributed by atoms with Gasteiger partial charge in [0.1, 0.15) is 11.1 Å². The summed E-state index contributed by atoms with van der Waals surface area (Å²) in [5.41, 5.74) is 1.99.